The molecule has 2 N–H and O–H groups in total. The van der Waals surface area contributed by atoms with Crippen LogP contribution in [0.3, 0.4) is 0 Å². The summed E-state index contributed by atoms with van der Waals surface area (Å²) in [6.07, 6.45) is 0. The van der Waals surface area contributed by atoms with Crippen LogP contribution >= 0.6 is 11.3 Å². The summed E-state index contributed by atoms with van der Waals surface area (Å²) in [7, 11) is -3.77. The second-order valence-electron chi connectivity index (χ2n) is 4.10. The van der Waals surface area contributed by atoms with Crippen molar-refractivity contribution in [1.82, 2.24) is 0 Å². The van der Waals surface area contributed by atoms with Crippen molar-refractivity contribution >= 4 is 27.3 Å². The highest BCUT2D eigenvalue weighted by Crippen LogP contribution is 2.26. The van der Waals surface area contributed by atoms with Gasteiger partial charge in [-0.15, -0.1) is 11.3 Å². The molecule has 0 saturated carbocycles. The maximum atomic E-state index is 11.7. The maximum Gasteiger partial charge on any atom is 0.339 e. The zero-order valence-electron chi connectivity index (χ0n) is 9.89. The van der Waals surface area contributed by atoms with Gasteiger partial charge in [0.15, 0.2) is 0 Å². The van der Waals surface area contributed by atoms with Crippen molar-refractivity contribution in [3.63, 3.8) is 0 Å². The van der Waals surface area contributed by atoms with Gasteiger partial charge < -0.3 is 4.74 Å². The average molecular weight is 277 g/mol. The number of nitrogens with two attached hydrogens (primary N) is 1. The van der Waals surface area contributed by atoms with Gasteiger partial charge in [-0.25, -0.2) is 18.4 Å². The van der Waals surface area contributed by atoms with Gasteiger partial charge in [-0.3, -0.25) is 0 Å². The van der Waals surface area contributed by atoms with E-state index in [1.807, 2.05) is 13.8 Å². The Morgan fingerprint density at radius 1 is 1.53 bits per heavy atom. The highest BCUT2D eigenvalue weighted by molar-refractivity contribution is 7.91. The molecule has 5 nitrogen and oxygen atoms in total. The summed E-state index contributed by atoms with van der Waals surface area (Å²) in [4.78, 5) is 11.7. The van der Waals surface area contributed by atoms with Crippen LogP contribution in [0.4, 0.5) is 0 Å². The van der Waals surface area contributed by atoms with Crippen LogP contribution in [0.25, 0.3) is 0 Å². The second kappa shape index (κ2) is 5.16. The number of sulfonamides is 1. The van der Waals surface area contributed by atoms with Crippen molar-refractivity contribution in [3.8, 4) is 0 Å². The molecule has 1 aromatic heterocycles. The van der Waals surface area contributed by atoms with Crippen LogP contribution in [-0.2, 0) is 14.8 Å². The van der Waals surface area contributed by atoms with Crippen molar-refractivity contribution in [2.24, 2.45) is 11.1 Å². The quantitative estimate of drug-likeness (QED) is 0.845. The van der Waals surface area contributed by atoms with Gasteiger partial charge in [-0.2, -0.15) is 0 Å². The molecule has 96 valence electrons. The molecule has 0 aromatic carbocycles. The van der Waals surface area contributed by atoms with E-state index in [1.165, 1.54) is 5.38 Å². The lowest BCUT2D eigenvalue weighted by Gasteiger charge is -2.06. The fraction of sp³-hybridized carbons (Fsp3) is 0.500. The Labute approximate surface area is 105 Å². The van der Waals surface area contributed by atoms with Crippen molar-refractivity contribution in [1.29, 1.82) is 0 Å². The first-order valence-corrected chi connectivity index (χ1v) is 7.44. The molecule has 17 heavy (non-hydrogen) atoms. The van der Waals surface area contributed by atoms with Gasteiger partial charge in [0.1, 0.15) is 4.21 Å². The van der Waals surface area contributed by atoms with Crippen LogP contribution in [0.15, 0.2) is 9.59 Å². The standard InChI is InChI=1S/C10H15NO4S2/c1-6(2)4-15-9(12)8-5-16-10(7(8)3)17(11,13)14/h5-6H,4H2,1-3H3,(H2,11,13,14). The maximum absolute atomic E-state index is 11.7. The fourth-order valence-electron chi connectivity index (χ4n) is 1.20. The van der Waals surface area contributed by atoms with Gasteiger partial charge in [-0.1, -0.05) is 13.8 Å². The van der Waals surface area contributed by atoms with Crippen molar-refractivity contribution in [2.75, 3.05) is 6.61 Å². The largest absolute Gasteiger partial charge is 0.462 e. The first-order chi connectivity index (χ1) is 7.73. The molecule has 0 aliphatic heterocycles. The average Bonchev–Trinajstić information content (AvgIpc) is 2.55. The molecule has 0 fully saturated rings. The third kappa shape index (κ3) is 3.52. The van der Waals surface area contributed by atoms with Gasteiger partial charge in [0.2, 0.25) is 10.0 Å². The Morgan fingerprint density at radius 2 is 2.12 bits per heavy atom. The van der Waals surface area contributed by atoms with E-state index in [1.54, 1.807) is 6.92 Å². The topological polar surface area (TPSA) is 86.5 Å². The first kappa shape index (κ1) is 14.1. The Morgan fingerprint density at radius 3 is 2.53 bits per heavy atom. The number of esters is 1. The van der Waals surface area contributed by atoms with E-state index in [9.17, 15) is 13.2 Å². The molecule has 0 spiro atoms. The molecule has 0 saturated heterocycles. The number of carbonyl (C=O) groups is 1. The summed E-state index contributed by atoms with van der Waals surface area (Å²) in [5.41, 5.74) is 0.617. The normalized spacial score (nSPS) is 11.8. The number of hydrogen-bond acceptors (Lipinski definition) is 5. The Bertz CT molecular complexity index is 516. The van der Waals surface area contributed by atoms with Crippen LogP contribution in [0, 0.1) is 12.8 Å². The minimum atomic E-state index is -3.77. The predicted molar refractivity (Wildman–Crippen MR) is 65.5 cm³/mol. The van der Waals surface area contributed by atoms with E-state index in [-0.39, 0.29) is 15.7 Å². The Balaban J connectivity index is 2.94. The molecule has 0 aliphatic rings. The molecule has 0 amide bonds. The lowest BCUT2D eigenvalue weighted by Crippen LogP contribution is -2.13. The number of primary sulfonamides is 1. The molecule has 7 heteroatoms. The van der Waals surface area contributed by atoms with Gasteiger partial charge in [0, 0.05) is 5.38 Å². The monoisotopic (exact) mass is 277 g/mol. The molecular weight excluding hydrogens is 262 g/mol. The van der Waals surface area contributed by atoms with Gasteiger partial charge >= 0.3 is 5.97 Å². The van der Waals surface area contributed by atoms with Crippen LogP contribution < -0.4 is 5.14 Å². The summed E-state index contributed by atoms with van der Waals surface area (Å²) in [6, 6.07) is 0. The molecule has 1 aromatic rings. The van der Waals surface area contributed by atoms with E-state index >= 15 is 0 Å². The fourth-order valence-corrected chi connectivity index (χ4v) is 3.20. The second-order valence-corrected chi connectivity index (χ2v) is 6.74. The van der Waals surface area contributed by atoms with Crippen molar-refractivity contribution in [2.45, 2.75) is 25.0 Å². The van der Waals surface area contributed by atoms with E-state index in [0.717, 1.165) is 11.3 Å². The first-order valence-electron chi connectivity index (χ1n) is 5.01. The Kier molecular flexibility index (Phi) is 4.29. The molecule has 1 rings (SSSR count). The van der Waals surface area contributed by atoms with E-state index < -0.39 is 16.0 Å². The number of ether oxygens (including phenoxy) is 1. The van der Waals surface area contributed by atoms with Crippen molar-refractivity contribution in [3.05, 3.63) is 16.5 Å². The van der Waals surface area contributed by atoms with Gasteiger partial charge in [0.25, 0.3) is 0 Å². The highest BCUT2D eigenvalue weighted by Gasteiger charge is 2.21. The number of carbonyl (C=O) groups excluding carboxylic acids is 1. The zero-order chi connectivity index (χ0) is 13.2. The smallest absolute Gasteiger partial charge is 0.339 e. The summed E-state index contributed by atoms with van der Waals surface area (Å²) in [5, 5.41) is 6.48. The van der Waals surface area contributed by atoms with Crippen molar-refractivity contribution < 1.29 is 17.9 Å². The lowest BCUT2D eigenvalue weighted by atomic mass is 10.2. The molecular formula is C10H15NO4S2. The summed E-state index contributed by atoms with van der Waals surface area (Å²) >= 11 is 0.932. The third-order valence-electron chi connectivity index (χ3n) is 2.02. The minimum absolute atomic E-state index is 0.00833. The number of rotatable bonds is 4. The number of thiophene rings is 1. The summed E-state index contributed by atoms with van der Waals surface area (Å²) in [5.74, 6) is -0.280. The molecule has 0 atom stereocenters. The lowest BCUT2D eigenvalue weighted by molar-refractivity contribution is 0.0458. The summed E-state index contributed by atoms with van der Waals surface area (Å²) in [6.45, 7) is 5.69. The molecule has 0 aliphatic carbocycles. The van der Waals surface area contributed by atoms with Crippen LogP contribution in [0.2, 0.25) is 0 Å². The Hall–Kier alpha value is -0.920. The van der Waals surface area contributed by atoms with Gasteiger partial charge in [-0.05, 0) is 18.4 Å². The SMILES string of the molecule is Cc1c(C(=O)OCC(C)C)csc1S(N)(=O)=O. The van der Waals surface area contributed by atoms with E-state index in [2.05, 4.69) is 0 Å². The number of hydrogen-bond donors (Lipinski definition) is 1. The molecule has 1 heterocycles. The molecule has 0 bridgehead atoms. The predicted octanol–water partition coefficient (Wildman–Crippen LogP) is 1.52. The van der Waals surface area contributed by atoms with Crippen LogP contribution in [-0.4, -0.2) is 21.0 Å². The van der Waals surface area contributed by atoms with Crippen LogP contribution in [0.1, 0.15) is 29.8 Å². The zero-order valence-corrected chi connectivity index (χ0v) is 11.5. The minimum Gasteiger partial charge on any atom is -0.462 e. The summed E-state index contributed by atoms with van der Waals surface area (Å²) < 4.78 is 27.4. The van der Waals surface area contributed by atoms with E-state index in [0.29, 0.717) is 12.2 Å². The third-order valence-corrected chi connectivity index (χ3v) is 4.70. The van der Waals surface area contributed by atoms with Crippen LogP contribution in [0.5, 0.6) is 0 Å². The van der Waals surface area contributed by atoms with Gasteiger partial charge in [0.05, 0.1) is 12.2 Å². The highest BCUT2D eigenvalue weighted by atomic mass is 32.2. The molecule has 0 unspecified atom stereocenters. The van der Waals surface area contributed by atoms with E-state index in [4.69, 9.17) is 9.88 Å². The molecule has 0 radical (unpaired) electrons.